The van der Waals surface area contributed by atoms with E-state index >= 15 is 0 Å². The molecule has 0 saturated carbocycles. The predicted molar refractivity (Wildman–Crippen MR) is 80.7 cm³/mol. The van der Waals surface area contributed by atoms with Crippen LogP contribution in [0.5, 0.6) is 0 Å². The Morgan fingerprint density at radius 1 is 1.44 bits per heavy atom. The van der Waals surface area contributed by atoms with Crippen molar-refractivity contribution in [2.45, 2.75) is 6.92 Å². The summed E-state index contributed by atoms with van der Waals surface area (Å²) in [7, 11) is 0. The third kappa shape index (κ3) is 5.79. The van der Waals surface area contributed by atoms with E-state index in [0.29, 0.717) is 11.7 Å². The average Bonchev–Trinajstić information content (AvgIpc) is 2.34. The lowest BCUT2D eigenvalue weighted by Crippen LogP contribution is -2.46. The third-order valence-electron chi connectivity index (χ3n) is 1.91. The number of hydrogen-bond donors (Lipinski definition) is 3. The summed E-state index contributed by atoms with van der Waals surface area (Å²) in [6.45, 7) is 2.62. The molecule has 0 radical (unpaired) electrons. The van der Waals surface area contributed by atoms with Crippen LogP contribution >= 0.6 is 28.1 Å². The minimum absolute atomic E-state index is 0.268. The molecule has 1 amide bonds. The number of carbonyl (C=O) groups is 1. The molecule has 1 aromatic rings. The molecule has 0 saturated heterocycles. The Morgan fingerprint density at radius 3 is 2.89 bits per heavy atom. The van der Waals surface area contributed by atoms with Crippen LogP contribution in [0.3, 0.4) is 0 Å². The van der Waals surface area contributed by atoms with Crippen molar-refractivity contribution in [1.29, 1.82) is 0 Å². The second-order valence-electron chi connectivity index (χ2n) is 3.36. The summed E-state index contributed by atoms with van der Waals surface area (Å²) >= 11 is 8.26. The molecule has 18 heavy (non-hydrogen) atoms. The van der Waals surface area contributed by atoms with Gasteiger partial charge in [-0.25, -0.2) is 0 Å². The number of rotatable bonds is 3. The largest absolute Gasteiger partial charge is 0.362 e. The van der Waals surface area contributed by atoms with E-state index < -0.39 is 0 Å². The van der Waals surface area contributed by atoms with Gasteiger partial charge in [0.1, 0.15) is 0 Å². The maximum absolute atomic E-state index is 11.5. The Labute approximate surface area is 120 Å². The van der Waals surface area contributed by atoms with E-state index in [2.05, 4.69) is 32.1 Å². The zero-order valence-corrected chi connectivity index (χ0v) is 12.3. The predicted octanol–water partition coefficient (Wildman–Crippen LogP) is 1.98. The van der Waals surface area contributed by atoms with Crippen LogP contribution in [0.25, 0.3) is 6.08 Å². The second-order valence-corrected chi connectivity index (χ2v) is 4.69. The Morgan fingerprint density at radius 2 is 2.22 bits per heavy atom. The summed E-state index contributed by atoms with van der Waals surface area (Å²) in [5.74, 6) is -0.268. The van der Waals surface area contributed by atoms with E-state index in [1.807, 2.05) is 31.2 Å². The Bertz CT molecular complexity index is 462. The molecule has 6 heteroatoms. The molecule has 96 valence electrons. The minimum Gasteiger partial charge on any atom is -0.362 e. The molecule has 1 aromatic carbocycles. The van der Waals surface area contributed by atoms with Gasteiger partial charge in [-0.05, 0) is 42.9 Å². The summed E-state index contributed by atoms with van der Waals surface area (Å²) in [4.78, 5) is 11.5. The van der Waals surface area contributed by atoms with Crippen LogP contribution in [0.1, 0.15) is 12.5 Å². The highest BCUT2D eigenvalue weighted by Gasteiger charge is 1.96. The number of amides is 1. The highest BCUT2D eigenvalue weighted by molar-refractivity contribution is 9.10. The average molecular weight is 328 g/mol. The lowest BCUT2D eigenvalue weighted by atomic mass is 10.2. The summed E-state index contributed by atoms with van der Waals surface area (Å²) < 4.78 is 0.969. The van der Waals surface area contributed by atoms with E-state index in [0.717, 1.165) is 10.0 Å². The summed E-state index contributed by atoms with van der Waals surface area (Å²) in [6.07, 6.45) is 3.15. The topological polar surface area (TPSA) is 53.2 Å². The zero-order valence-electron chi connectivity index (χ0n) is 9.87. The number of nitrogens with one attached hydrogen (secondary N) is 3. The normalized spacial score (nSPS) is 10.1. The van der Waals surface area contributed by atoms with E-state index in [1.165, 1.54) is 6.08 Å². The van der Waals surface area contributed by atoms with Crippen molar-refractivity contribution in [2.24, 2.45) is 0 Å². The molecule has 4 nitrogen and oxygen atoms in total. The SMILES string of the molecule is CCNC(=S)NNC(=O)C=Cc1cccc(Br)c1. The zero-order chi connectivity index (χ0) is 13.4. The van der Waals surface area contributed by atoms with E-state index in [9.17, 15) is 4.79 Å². The van der Waals surface area contributed by atoms with Crippen LogP contribution in [-0.2, 0) is 4.79 Å². The number of halogens is 1. The van der Waals surface area contributed by atoms with Gasteiger partial charge in [0.25, 0.3) is 5.91 Å². The standard InChI is InChI=1S/C12H14BrN3OS/c1-2-14-12(18)16-15-11(17)7-6-9-4-3-5-10(13)8-9/h3-8H,2H2,1H3,(H,15,17)(H2,14,16,18). The molecule has 0 aliphatic carbocycles. The molecule has 3 N–H and O–H groups in total. The van der Waals surface area contributed by atoms with Crippen molar-refractivity contribution in [3.63, 3.8) is 0 Å². The van der Waals surface area contributed by atoms with Gasteiger partial charge in [-0.2, -0.15) is 0 Å². The highest BCUT2D eigenvalue weighted by atomic mass is 79.9. The Balaban J connectivity index is 2.42. The molecule has 0 aliphatic rings. The van der Waals surface area contributed by atoms with Gasteiger partial charge in [0.2, 0.25) is 0 Å². The maximum atomic E-state index is 11.5. The first-order valence-electron chi connectivity index (χ1n) is 5.39. The summed E-state index contributed by atoms with van der Waals surface area (Å²) in [5, 5.41) is 3.25. The molecule has 0 bridgehead atoms. The summed E-state index contributed by atoms with van der Waals surface area (Å²) in [6, 6.07) is 7.65. The highest BCUT2D eigenvalue weighted by Crippen LogP contribution is 2.12. The molecule has 0 aliphatic heterocycles. The minimum atomic E-state index is -0.268. The lowest BCUT2D eigenvalue weighted by Gasteiger charge is -2.08. The fraction of sp³-hybridized carbons (Fsp3) is 0.167. The third-order valence-corrected chi connectivity index (χ3v) is 2.65. The van der Waals surface area contributed by atoms with Crippen LogP contribution in [0, 0.1) is 0 Å². The van der Waals surface area contributed by atoms with Crippen LogP contribution in [0.4, 0.5) is 0 Å². The van der Waals surface area contributed by atoms with Crippen LogP contribution < -0.4 is 16.2 Å². The van der Waals surface area contributed by atoms with Crippen LogP contribution in [0.2, 0.25) is 0 Å². The quantitative estimate of drug-likeness (QED) is 0.451. The van der Waals surface area contributed by atoms with Crippen molar-refractivity contribution < 1.29 is 4.79 Å². The molecule has 0 spiro atoms. The number of benzene rings is 1. The fourth-order valence-electron chi connectivity index (χ4n) is 1.15. The van der Waals surface area contributed by atoms with E-state index in [-0.39, 0.29) is 5.91 Å². The van der Waals surface area contributed by atoms with Gasteiger partial charge in [0.15, 0.2) is 5.11 Å². The van der Waals surface area contributed by atoms with Crippen molar-refractivity contribution >= 4 is 45.2 Å². The number of hydrogen-bond acceptors (Lipinski definition) is 2. The van der Waals surface area contributed by atoms with Crippen molar-refractivity contribution in [2.75, 3.05) is 6.54 Å². The van der Waals surface area contributed by atoms with Gasteiger partial charge in [0, 0.05) is 17.1 Å². The number of thiocarbonyl (C=S) groups is 1. The molecule has 0 atom stereocenters. The van der Waals surface area contributed by atoms with Gasteiger partial charge in [-0.3, -0.25) is 15.6 Å². The number of carbonyl (C=O) groups excluding carboxylic acids is 1. The molecule has 0 heterocycles. The molecule has 0 fully saturated rings. The fourth-order valence-corrected chi connectivity index (χ4v) is 1.76. The lowest BCUT2D eigenvalue weighted by molar-refractivity contribution is -0.116. The Kier molecular flexibility index (Phi) is 6.38. The monoisotopic (exact) mass is 327 g/mol. The van der Waals surface area contributed by atoms with Gasteiger partial charge in [-0.1, -0.05) is 28.1 Å². The first kappa shape index (κ1) is 14.7. The van der Waals surface area contributed by atoms with Gasteiger partial charge in [0.05, 0.1) is 0 Å². The van der Waals surface area contributed by atoms with E-state index in [4.69, 9.17) is 12.2 Å². The maximum Gasteiger partial charge on any atom is 0.262 e. The van der Waals surface area contributed by atoms with Crippen LogP contribution in [-0.4, -0.2) is 17.6 Å². The number of hydrazine groups is 1. The van der Waals surface area contributed by atoms with Crippen molar-refractivity contribution in [3.05, 3.63) is 40.4 Å². The van der Waals surface area contributed by atoms with Crippen molar-refractivity contribution in [1.82, 2.24) is 16.2 Å². The van der Waals surface area contributed by atoms with Gasteiger partial charge < -0.3 is 5.32 Å². The molecular formula is C12H14BrN3OS. The summed E-state index contributed by atoms with van der Waals surface area (Å²) in [5.41, 5.74) is 5.99. The van der Waals surface area contributed by atoms with Gasteiger partial charge >= 0.3 is 0 Å². The smallest absolute Gasteiger partial charge is 0.262 e. The van der Waals surface area contributed by atoms with E-state index in [1.54, 1.807) is 6.08 Å². The molecule has 0 unspecified atom stereocenters. The van der Waals surface area contributed by atoms with Crippen LogP contribution in [0.15, 0.2) is 34.8 Å². The Hall–Kier alpha value is -1.40. The first-order valence-corrected chi connectivity index (χ1v) is 6.59. The molecule has 1 rings (SSSR count). The van der Waals surface area contributed by atoms with Gasteiger partial charge in [-0.15, -0.1) is 0 Å². The van der Waals surface area contributed by atoms with Crippen molar-refractivity contribution in [3.8, 4) is 0 Å². The molecule has 0 aromatic heterocycles. The second kappa shape index (κ2) is 7.84. The molecular weight excluding hydrogens is 314 g/mol. The first-order chi connectivity index (χ1) is 8.61.